The summed E-state index contributed by atoms with van der Waals surface area (Å²) in [5, 5.41) is 12.7. The maximum atomic E-state index is 12.0. The standard InChI is InChI=1S/C13H17NO3/c1-3-13(12(16)17-4-2)8-9-7-10(15)5-6-11(9)14-13/h5-7,14-15H,3-4,8H2,1-2H3. The van der Waals surface area contributed by atoms with E-state index in [-0.39, 0.29) is 11.7 Å². The zero-order valence-corrected chi connectivity index (χ0v) is 10.1. The van der Waals surface area contributed by atoms with Crippen molar-refractivity contribution in [3.05, 3.63) is 23.8 Å². The number of carbonyl (C=O) groups is 1. The Hall–Kier alpha value is -1.71. The van der Waals surface area contributed by atoms with Crippen molar-refractivity contribution in [1.29, 1.82) is 0 Å². The van der Waals surface area contributed by atoms with Crippen molar-refractivity contribution >= 4 is 11.7 Å². The normalized spacial score (nSPS) is 21.8. The molecule has 1 heterocycles. The number of ether oxygens (including phenoxy) is 1. The second-order valence-electron chi connectivity index (χ2n) is 4.30. The van der Waals surface area contributed by atoms with Crippen LogP contribution in [0.15, 0.2) is 18.2 Å². The van der Waals surface area contributed by atoms with Gasteiger partial charge in [-0.2, -0.15) is 0 Å². The fourth-order valence-electron chi connectivity index (χ4n) is 2.23. The van der Waals surface area contributed by atoms with Gasteiger partial charge in [0.25, 0.3) is 0 Å². The fraction of sp³-hybridized carbons (Fsp3) is 0.462. The average molecular weight is 235 g/mol. The van der Waals surface area contributed by atoms with Crippen molar-refractivity contribution in [2.75, 3.05) is 11.9 Å². The highest BCUT2D eigenvalue weighted by Gasteiger charge is 2.43. The van der Waals surface area contributed by atoms with E-state index in [0.29, 0.717) is 19.4 Å². The van der Waals surface area contributed by atoms with Gasteiger partial charge in [-0.05, 0) is 37.1 Å². The van der Waals surface area contributed by atoms with Crippen LogP contribution in [0.4, 0.5) is 5.69 Å². The number of phenols is 1. The van der Waals surface area contributed by atoms with Crippen LogP contribution in [0, 0.1) is 0 Å². The van der Waals surface area contributed by atoms with Gasteiger partial charge in [-0.1, -0.05) is 6.92 Å². The molecule has 2 rings (SSSR count). The number of carbonyl (C=O) groups excluding carboxylic acids is 1. The van der Waals surface area contributed by atoms with Crippen LogP contribution in [0.3, 0.4) is 0 Å². The number of phenolic OH excluding ortho intramolecular Hbond substituents is 1. The van der Waals surface area contributed by atoms with Crippen LogP contribution in [0.1, 0.15) is 25.8 Å². The van der Waals surface area contributed by atoms with E-state index in [1.54, 1.807) is 25.1 Å². The van der Waals surface area contributed by atoms with Gasteiger partial charge in [-0.3, -0.25) is 0 Å². The fourth-order valence-corrected chi connectivity index (χ4v) is 2.23. The molecule has 0 spiro atoms. The minimum absolute atomic E-state index is 0.223. The Morgan fingerprint density at radius 2 is 2.29 bits per heavy atom. The molecule has 1 aromatic carbocycles. The Bertz CT molecular complexity index is 444. The summed E-state index contributed by atoms with van der Waals surface area (Å²) in [6.45, 7) is 4.13. The van der Waals surface area contributed by atoms with E-state index in [1.165, 1.54) is 0 Å². The van der Waals surface area contributed by atoms with Gasteiger partial charge in [-0.25, -0.2) is 4.79 Å². The van der Waals surface area contributed by atoms with Crippen LogP contribution in [0.5, 0.6) is 5.75 Å². The predicted molar refractivity (Wildman–Crippen MR) is 65.1 cm³/mol. The summed E-state index contributed by atoms with van der Waals surface area (Å²) in [7, 11) is 0. The van der Waals surface area contributed by atoms with Crippen molar-refractivity contribution < 1.29 is 14.6 Å². The summed E-state index contributed by atoms with van der Waals surface area (Å²) in [6, 6.07) is 5.10. The zero-order chi connectivity index (χ0) is 12.5. The Morgan fingerprint density at radius 3 is 2.94 bits per heavy atom. The third-order valence-electron chi connectivity index (χ3n) is 3.22. The monoisotopic (exact) mass is 235 g/mol. The summed E-state index contributed by atoms with van der Waals surface area (Å²) in [6.07, 6.45) is 1.22. The van der Waals surface area contributed by atoms with Gasteiger partial charge >= 0.3 is 5.97 Å². The first-order valence-electron chi connectivity index (χ1n) is 5.88. The minimum Gasteiger partial charge on any atom is -0.508 e. The number of rotatable bonds is 3. The summed E-state index contributed by atoms with van der Waals surface area (Å²) >= 11 is 0. The zero-order valence-electron chi connectivity index (χ0n) is 10.1. The molecule has 0 saturated heterocycles. The first-order chi connectivity index (χ1) is 8.11. The van der Waals surface area contributed by atoms with Crippen molar-refractivity contribution in [2.45, 2.75) is 32.2 Å². The van der Waals surface area contributed by atoms with Gasteiger partial charge in [0.15, 0.2) is 0 Å². The van der Waals surface area contributed by atoms with Crippen LogP contribution in [-0.2, 0) is 16.0 Å². The van der Waals surface area contributed by atoms with E-state index in [2.05, 4.69) is 5.32 Å². The molecule has 92 valence electrons. The summed E-state index contributed by atoms with van der Waals surface area (Å²) in [4.78, 5) is 12.0. The quantitative estimate of drug-likeness (QED) is 0.622. The smallest absolute Gasteiger partial charge is 0.332 e. The van der Waals surface area contributed by atoms with E-state index < -0.39 is 5.54 Å². The highest BCUT2D eigenvalue weighted by atomic mass is 16.5. The van der Waals surface area contributed by atoms with Crippen LogP contribution in [-0.4, -0.2) is 23.2 Å². The summed E-state index contributed by atoms with van der Waals surface area (Å²) in [5.74, 6) is -0.000461. The molecule has 2 N–H and O–H groups in total. The molecule has 1 aliphatic rings. The Morgan fingerprint density at radius 1 is 1.53 bits per heavy atom. The molecule has 0 amide bonds. The van der Waals surface area contributed by atoms with Crippen LogP contribution >= 0.6 is 0 Å². The lowest BCUT2D eigenvalue weighted by Gasteiger charge is -2.26. The van der Waals surface area contributed by atoms with Crippen LogP contribution < -0.4 is 5.32 Å². The lowest BCUT2D eigenvalue weighted by molar-refractivity contribution is -0.148. The Balaban J connectivity index is 2.29. The molecule has 1 aromatic rings. The van der Waals surface area contributed by atoms with Gasteiger partial charge < -0.3 is 15.2 Å². The molecule has 1 atom stereocenters. The highest BCUT2D eigenvalue weighted by Crippen LogP contribution is 2.37. The third kappa shape index (κ3) is 1.95. The largest absolute Gasteiger partial charge is 0.508 e. The second kappa shape index (κ2) is 4.28. The van der Waals surface area contributed by atoms with Crippen molar-refractivity contribution in [1.82, 2.24) is 0 Å². The van der Waals surface area contributed by atoms with Gasteiger partial charge in [0.05, 0.1) is 6.61 Å². The van der Waals surface area contributed by atoms with Gasteiger partial charge in [-0.15, -0.1) is 0 Å². The van der Waals surface area contributed by atoms with Gasteiger partial charge in [0.1, 0.15) is 11.3 Å². The van der Waals surface area contributed by atoms with E-state index >= 15 is 0 Å². The van der Waals surface area contributed by atoms with E-state index in [9.17, 15) is 9.90 Å². The molecule has 0 aliphatic carbocycles. The predicted octanol–water partition coefficient (Wildman–Crippen LogP) is 2.07. The lowest BCUT2D eigenvalue weighted by atomic mass is 9.92. The molecular formula is C13H17NO3. The van der Waals surface area contributed by atoms with E-state index in [1.807, 2.05) is 6.92 Å². The topological polar surface area (TPSA) is 58.6 Å². The molecule has 17 heavy (non-hydrogen) atoms. The second-order valence-corrected chi connectivity index (χ2v) is 4.30. The molecule has 0 bridgehead atoms. The number of hydrogen-bond donors (Lipinski definition) is 2. The Kier molecular flexibility index (Phi) is 2.96. The number of nitrogens with one attached hydrogen (secondary N) is 1. The van der Waals surface area contributed by atoms with Crippen molar-refractivity contribution in [3.8, 4) is 5.75 Å². The molecular weight excluding hydrogens is 218 g/mol. The Labute approximate surface area is 101 Å². The van der Waals surface area contributed by atoms with Crippen molar-refractivity contribution in [2.24, 2.45) is 0 Å². The number of anilines is 1. The molecule has 0 aromatic heterocycles. The van der Waals surface area contributed by atoms with Crippen molar-refractivity contribution in [3.63, 3.8) is 0 Å². The molecule has 1 unspecified atom stereocenters. The first-order valence-corrected chi connectivity index (χ1v) is 5.88. The summed E-state index contributed by atoms with van der Waals surface area (Å²) in [5.41, 5.74) is 1.18. The van der Waals surface area contributed by atoms with E-state index in [4.69, 9.17) is 4.74 Å². The highest BCUT2D eigenvalue weighted by molar-refractivity contribution is 5.88. The maximum Gasteiger partial charge on any atom is 0.332 e. The van der Waals surface area contributed by atoms with Crippen LogP contribution in [0.2, 0.25) is 0 Å². The average Bonchev–Trinajstić information content (AvgIpc) is 2.68. The maximum absolute atomic E-state index is 12.0. The number of esters is 1. The number of hydrogen-bond acceptors (Lipinski definition) is 4. The molecule has 4 nitrogen and oxygen atoms in total. The lowest BCUT2D eigenvalue weighted by Crippen LogP contribution is -2.45. The molecule has 0 saturated carbocycles. The molecule has 0 fully saturated rings. The minimum atomic E-state index is -0.674. The number of benzene rings is 1. The SMILES string of the molecule is CCOC(=O)C1(CC)Cc2cc(O)ccc2N1. The number of fused-ring (bicyclic) bond motifs is 1. The first kappa shape index (κ1) is 11.8. The van der Waals surface area contributed by atoms with E-state index in [0.717, 1.165) is 11.3 Å². The molecule has 4 heteroatoms. The van der Waals surface area contributed by atoms with Crippen LogP contribution in [0.25, 0.3) is 0 Å². The number of aromatic hydroxyl groups is 1. The summed E-state index contributed by atoms with van der Waals surface area (Å²) < 4.78 is 5.12. The third-order valence-corrected chi connectivity index (χ3v) is 3.22. The van der Waals surface area contributed by atoms with Gasteiger partial charge in [0, 0.05) is 12.1 Å². The molecule has 0 radical (unpaired) electrons. The van der Waals surface area contributed by atoms with Gasteiger partial charge in [0.2, 0.25) is 0 Å². The molecule has 1 aliphatic heterocycles.